The number of hydrogen-bond donors (Lipinski definition) is 1. The Morgan fingerprint density at radius 3 is 2.05 bits per heavy atom. The molecule has 0 aromatic heterocycles. The number of hydrogen-bond acceptors (Lipinski definition) is 2. The minimum absolute atomic E-state index is 0.202. The summed E-state index contributed by atoms with van der Waals surface area (Å²) in [5.41, 5.74) is 4.92. The molecule has 2 aromatic carbocycles. The molecule has 2 aromatic rings. The summed E-state index contributed by atoms with van der Waals surface area (Å²) in [5, 5.41) is 0.624. The van der Waals surface area contributed by atoms with Crippen molar-refractivity contribution in [2.24, 2.45) is 5.73 Å². The Labute approximate surface area is 117 Å². The molecule has 2 nitrogen and oxygen atoms in total. The van der Waals surface area contributed by atoms with Gasteiger partial charge in [-0.25, -0.2) is 0 Å². The summed E-state index contributed by atoms with van der Waals surface area (Å²) < 4.78 is 69.3. The Morgan fingerprint density at radius 2 is 1.52 bits per heavy atom. The van der Waals surface area contributed by atoms with E-state index in [2.05, 4.69) is 0 Å². The molecule has 0 bridgehead atoms. The maximum absolute atomic E-state index is 13.4. The summed E-state index contributed by atoms with van der Waals surface area (Å²) in [7, 11) is 1.38. The van der Waals surface area contributed by atoms with Crippen LogP contribution >= 0.6 is 0 Å². The fourth-order valence-corrected chi connectivity index (χ4v) is 2.12. The summed E-state index contributed by atoms with van der Waals surface area (Å²) in [5.74, 6) is -4.65. The lowest BCUT2D eigenvalue weighted by Gasteiger charge is -2.27. The van der Waals surface area contributed by atoms with E-state index in [1.165, 1.54) is 25.3 Å². The van der Waals surface area contributed by atoms with Crippen molar-refractivity contribution in [1.82, 2.24) is 0 Å². The van der Waals surface area contributed by atoms with E-state index in [1.807, 2.05) is 0 Å². The molecular weight excluding hydrogens is 293 g/mol. The van der Waals surface area contributed by atoms with Crippen LogP contribution in [-0.4, -0.2) is 19.2 Å². The Balaban J connectivity index is 2.63. The smallest absolute Gasteiger partial charge is 0.455 e. The van der Waals surface area contributed by atoms with Gasteiger partial charge in [-0.1, -0.05) is 30.3 Å². The van der Waals surface area contributed by atoms with Crippen LogP contribution in [0, 0.1) is 0 Å². The molecular formula is C14H12F5NO. The quantitative estimate of drug-likeness (QED) is 0.868. The summed E-state index contributed by atoms with van der Waals surface area (Å²) in [6, 6.07) is 6.12. The van der Waals surface area contributed by atoms with Crippen LogP contribution in [0.25, 0.3) is 10.8 Å². The molecule has 2 N–H and O–H groups in total. The van der Waals surface area contributed by atoms with Crippen molar-refractivity contribution in [2.45, 2.75) is 18.1 Å². The molecule has 114 valence electrons. The second-order valence-corrected chi connectivity index (χ2v) is 4.50. The summed E-state index contributed by atoms with van der Waals surface area (Å²) in [6.45, 7) is 0. The number of ether oxygens (including phenoxy) is 1. The minimum Gasteiger partial charge on any atom is -0.496 e. The summed E-state index contributed by atoms with van der Waals surface area (Å²) >= 11 is 0. The molecule has 0 unspecified atom stereocenters. The van der Waals surface area contributed by atoms with Crippen molar-refractivity contribution in [1.29, 1.82) is 0 Å². The van der Waals surface area contributed by atoms with Crippen LogP contribution in [0.3, 0.4) is 0 Å². The second kappa shape index (κ2) is 5.14. The molecule has 0 heterocycles. The Bertz CT molecular complexity index is 653. The van der Waals surface area contributed by atoms with E-state index in [-0.39, 0.29) is 10.9 Å². The standard InChI is InChI=1S/C14H12F5NO/c1-21-11-7-6-10(8-4-2-3-5-9(8)11)12(20)13(15,16)14(17,18)19/h2-7,12H,20H2,1H3/t12-/m0/s1. The molecule has 0 aliphatic carbocycles. The molecule has 0 spiro atoms. The molecule has 0 saturated carbocycles. The minimum atomic E-state index is -5.71. The van der Waals surface area contributed by atoms with Crippen LogP contribution in [0.1, 0.15) is 11.6 Å². The van der Waals surface area contributed by atoms with Gasteiger partial charge in [-0.05, 0) is 17.0 Å². The number of methoxy groups -OCH3 is 1. The maximum atomic E-state index is 13.4. The SMILES string of the molecule is COc1ccc([C@H](N)C(F)(F)C(F)(F)F)c2ccccc12. The first kappa shape index (κ1) is 15.5. The van der Waals surface area contributed by atoms with Gasteiger partial charge in [-0.3, -0.25) is 0 Å². The van der Waals surface area contributed by atoms with E-state index >= 15 is 0 Å². The Kier molecular flexibility index (Phi) is 3.79. The molecule has 7 heteroatoms. The van der Waals surface area contributed by atoms with E-state index < -0.39 is 18.1 Å². The number of halogens is 5. The van der Waals surface area contributed by atoms with Crippen LogP contribution in [0.4, 0.5) is 22.0 Å². The first-order valence-corrected chi connectivity index (χ1v) is 5.96. The van der Waals surface area contributed by atoms with E-state index in [9.17, 15) is 22.0 Å². The van der Waals surface area contributed by atoms with Crippen LogP contribution in [0.2, 0.25) is 0 Å². The monoisotopic (exact) mass is 305 g/mol. The van der Waals surface area contributed by atoms with Gasteiger partial charge in [-0.2, -0.15) is 22.0 Å². The Morgan fingerprint density at radius 1 is 0.952 bits per heavy atom. The van der Waals surface area contributed by atoms with Crippen molar-refractivity contribution >= 4 is 10.8 Å². The van der Waals surface area contributed by atoms with Gasteiger partial charge in [0.1, 0.15) is 11.8 Å². The third-order valence-electron chi connectivity index (χ3n) is 3.24. The van der Waals surface area contributed by atoms with Gasteiger partial charge in [-0.15, -0.1) is 0 Å². The number of fused-ring (bicyclic) bond motifs is 1. The van der Waals surface area contributed by atoms with Crippen molar-refractivity contribution < 1.29 is 26.7 Å². The summed E-state index contributed by atoms with van der Waals surface area (Å²) in [6.07, 6.45) is -5.71. The van der Waals surface area contributed by atoms with Crippen molar-refractivity contribution in [3.05, 3.63) is 42.0 Å². The highest BCUT2D eigenvalue weighted by molar-refractivity contribution is 5.91. The molecule has 0 radical (unpaired) electrons. The topological polar surface area (TPSA) is 35.2 Å². The normalized spacial score (nSPS) is 14.2. The van der Waals surface area contributed by atoms with Gasteiger partial charge in [0, 0.05) is 5.39 Å². The zero-order valence-corrected chi connectivity index (χ0v) is 10.9. The van der Waals surface area contributed by atoms with Crippen molar-refractivity contribution in [2.75, 3.05) is 7.11 Å². The molecule has 0 saturated heterocycles. The first-order valence-electron chi connectivity index (χ1n) is 5.96. The number of nitrogens with two attached hydrogens (primary N) is 1. The average Bonchev–Trinajstić information content (AvgIpc) is 2.44. The zero-order chi connectivity index (χ0) is 15.8. The number of alkyl halides is 5. The van der Waals surface area contributed by atoms with E-state index in [1.54, 1.807) is 12.1 Å². The molecule has 0 fully saturated rings. The van der Waals surface area contributed by atoms with Crippen molar-refractivity contribution in [3.63, 3.8) is 0 Å². The zero-order valence-electron chi connectivity index (χ0n) is 10.9. The van der Waals surface area contributed by atoms with Gasteiger partial charge in [0.05, 0.1) is 7.11 Å². The first-order chi connectivity index (χ1) is 9.70. The fraction of sp³-hybridized carbons (Fsp3) is 0.286. The highest BCUT2D eigenvalue weighted by Crippen LogP contribution is 2.45. The molecule has 0 amide bonds. The van der Waals surface area contributed by atoms with Crippen molar-refractivity contribution in [3.8, 4) is 5.75 Å². The van der Waals surface area contributed by atoms with Crippen LogP contribution in [0.15, 0.2) is 36.4 Å². The number of rotatable bonds is 3. The lowest BCUT2D eigenvalue weighted by atomic mass is 9.94. The predicted molar refractivity (Wildman–Crippen MR) is 68.4 cm³/mol. The third-order valence-corrected chi connectivity index (χ3v) is 3.24. The van der Waals surface area contributed by atoms with Gasteiger partial charge in [0.15, 0.2) is 0 Å². The third kappa shape index (κ3) is 2.53. The lowest BCUT2D eigenvalue weighted by molar-refractivity contribution is -0.290. The maximum Gasteiger partial charge on any atom is 0.455 e. The van der Waals surface area contributed by atoms with Gasteiger partial charge >= 0.3 is 12.1 Å². The van der Waals surface area contributed by atoms with Crippen LogP contribution in [-0.2, 0) is 0 Å². The largest absolute Gasteiger partial charge is 0.496 e. The second-order valence-electron chi connectivity index (χ2n) is 4.50. The highest BCUT2D eigenvalue weighted by Gasteiger charge is 2.61. The lowest BCUT2D eigenvalue weighted by Crippen LogP contribution is -2.45. The van der Waals surface area contributed by atoms with Gasteiger partial charge in [0.2, 0.25) is 0 Å². The molecule has 0 aliphatic heterocycles. The summed E-state index contributed by atoms with van der Waals surface area (Å²) in [4.78, 5) is 0. The highest BCUT2D eigenvalue weighted by atomic mass is 19.4. The van der Waals surface area contributed by atoms with Crippen LogP contribution < -0.4 is 10.5 Å². The van der Waals surface area contributed by atoms with E-state index in [4.69, 9.17) is 10.5 Å². The fourth-order valence-electron chi connectivity index (χ4n) is 2.12. The van der Waals surface area contributed by atoms with E-state index in [0.717, 1.165) is 6.07 Å². The Hall–Kier alpha value is -1.89. The molecule has 21 heavy (non-hydrogen) atoms. The van der Waals surface area contributed by atoms with Gasteiger partial charge in [0.25, 0.3) is 0 Å². The predicted octanol–water partition coefficient (Wildman–Crippen LogP) is 4.05. The van der Waals surface area contributed by atoms with E-state index in [0.29, 0.717) is 11.1 Å². The molecule has 0 aliphatic rings. The molecule has 2 rings (SSSR count). The average molecular weight is 305 g/mol. The van der Waals surface area contributed by atoms with Gasteiger partial charge < -0.3 is 10.5 Å². The molecule has 1 atom stereocenters. The number of benzene rings is 2. The van der Waals surface area contributed by atoms with Crippen LogP contribution in [0.5, 0.6) is 5.75 Å².